The maximum absolute atomic E-state index is 13.0. The molecule has 0 amide bonds. The highest BCUT2D eigenvalue weighted by Crippen LogP contribution is 2.32. The smallest absolute Gasteiger partial charge is 0.290 e. The van der Waals surface area contributed by atoms with Gasteiger partial charge >= 0.3 is 18.0 Å². The van der Waals surface area contributed by atoms with Crippen LogP contribution in [-0.2, 0) is 18.9 Å². The average molecular weight is 438 g/mol. The van der Waals surface area contributed by atoms with Gasteiger partial charge in [-0.15, -0.1) is 0 Å². The van der Waals surface area contributed by atoms with Crippen molar-refractivity contribution in [3.63, 3.8) is 0 Å². The highest BCUT2D eigenvalue weighted by molar-refractivity contribution is 5.78. The number of nitrogens with one attached hydrogen (secondary N) is 1. The van der Waals surface area contributed by atoms with Gasteiger partial charge in [0.05, 0.1) is 17.6 Å². The van der Waals surface area contributed by atoms with Crippen LogP contribution in [0.3, 0.4) is 0 Å². The summed E-state index contributed by atoms with van der Waals surface area (Å²) in [5, 5.41) is 0. The molecule has 1 aromatic carbocycles. The Morgan fingerprint density at radius 3 is 2.29 bits per heavy atom. The number of pyridine rings is 2. The summed E-state index contributed by atoms with van der Waals surface area (Å²) in [5.74, 6) is 0. The van der Waals surface area contributed by atoms with Gasteiger partial charge in [0.2, 0.25) is 0 Å². The number of alkyl halides is 6. The predicted octanol–water partition coefficient (Wildman–Crippen LogP) is 4.87. The monoisotopic (exact) mass is 438 g/mol. The summed E-state index contributed by atoms with van der Waals surface area (Å²) < 4.78 is 78.3. The Balaban J connectivity index is 1.73. The zero-order chi connectivity index (χ0) is 22.4. The van der Waals surface area contributed by atoms with Gasteiger partial charge in [0.15, 0.2) is 5.65 Å². The van der Waals surface area contributed by atoms with Gasteiger partial charge in [0.25, 0.3) is 0 Å². The first-order chi connectivity index (χ1) is 14.5. The third kappa shape index (κ3) is 4.16. The van der Waals surface area contributed by atoms with E-state index in [1.165, 1.54) is 35.0 Å². The number of imidazole rings is 1. The second-order valence-electron chi connectivity index (χ2n) is 6.74. The van der Waals surface area contributed by atoms with Crippen LogP contribution >= 0.6 is 0 Å². The summed E-state index contributed by atoms with van der Waals surface area (Å²) in [6.45, 7) is -0.0995. The van der Waals surface area contributed by atoms with Crippen LogP contribution in [0.5, 0.6) is 0 Å². The molecule has 0 unspecified atom stereocenters. The quantitative estimate of drug-likeness (QED) is 0.464. The molecule has 0 fully saturated rings. The normalized spacial score (nSPS) is 12.5. The molecule has 0 aliphatic rings. The molecule has 0 aliphatic heterocycles. The van der Waals surface area contributed by atoms with E-state index in [0.29, 0.717) is 16.6 Å². The summed E-state index contributed by atoms with van der Waals surface area (Å²) in [4.78, 5) is 22.3. The zero-order valence-electron chi connectivity index (χ0n) is 15.4. The average Bonchev–Trinajstić information content (AvgIpc) is 3.02. The van der Waals surface area contributed by atoms with Gasteiger partial charge in [-0.25, -0.2) is 9.78 Å². The molecule has 1 N–H and O–H groups in total. The first-order valence-electron chi connectivity index (χ1n) is 8.81. The molecule has 0 saturated heterocycles. The number of H-pyrrole nitrogens is 1. The van der Waals surface area contributed by atoms with Crippen molar-refractivity contribution >= 4 is 11.2 Å². The topological polar surface area (TPSA) is 63.6 Å². The summed E-state index contributed by atoms with van der Waals surface area (Å²) in [6, 6.07) is 8.16. The lowest BCUT2D eigenvalue weighted by Gasteiger charge is -2.09. The molecule has 0 bridgehead atoms. The van der Waals surface area contributed by atoms with Gasteiger partial charge in [-0.2, -0.15) is 26.3 Å². The highest BCUT2D eigenvalue weighted by atomic mass is 19.4. The summed E-state index contributed by atoms with van der Waals surface area (Å²) in [5.41, 5.74) is -1.04. The molecule has 5 nitrogen and oxygen atoms in total. The van der Waals surface area contributed by atoms with E-state index < -0.39 is 29.3 Å². The minimum absolute atomic E-state index is 0.0995. The van der Waals surface area contributed by atoms with E-state index in [0.717, 1.165) is 24.4 Å². The van der Waals surface area contributed by atoms with Gasteiger partial charge in [-0.1, -0.05) is 18.2 Å². The maximum atomic E-state index is 13.0. The molecule has 160 valence electrons. The molecule has 0 saturated carbocycles. The minimum atomic E-state index is -4.58. The standard InChI is InChI=1S/C20H12F6N4O/c21-19(22,23)14-3-1-2-12(6-14)13-7-15-17(28-9-13)29-18(31)30(15)10-11-4-5-16(27-8-11)20(24,25)26/h1-9H,10H2,(H,28,29,31). The second kappa shape index (κ2) is 7.25. The number of halogens is 6. The van der Waals surface area contributed by atoms with Gasteiger partial charge in [-0.3, -0.25) is 14.5 Å². The lowest BCUT2D eigenvalue weighted by atomic mass is 10.0. The Bertz CT molecular complexity index is 1300. The van der Waals surface area contributed by atoms with E-state index in [4.69, 9.17) is 0 Å². The van der Waals surface area contributed by atoms with Gasteiger partial charge < -0.3 is 0 Å². The van der Waals surface area contributed by atoms with Crippen LogP contribution in [0.2, 0.25) is 0 Å². The summed E-state index contributed by atoms with van der Waals surface area (Å²) in [6.07, 6.45) is -6.75. The zero-order valence-corrected chi connectivity index (χ0v) is 15.4. The van der Waals surface area contributed by atoms with E-state index in [9.17, 15) is 31.1 Å². The first kappa shape index (κ1) is 20.6. The van der Waals surface area contributed by atoms with Crippen LogP contribution in [0, 0.1) is 0 Å². The Labute approximate surface area is 170 Å². The molecular weight excluding hydrogens is 426 g/mol. The van der Waals surface area contributed by atoms with Crippen LogP contribution in [0.4, 0.5) is 26.3 Å². The van der Waals surface area contributed by atoms with Crippen molar-refractivity contribution < 1.29 is 26.3 Å². The predicted molar refractivity (Wildman–Crippen MR) is 99.1 cm³/mol. The fourth-order valence-corrected chi connectivity index (χ4v) is 3.09. The Kier molecular flexibility index (Phi) is 4.83. The fraction of sp³-hybridized carbons (Fsp3) is 0.150. The van der Waals surface area contributed by atoms with Crippen LogP contribution < -0.4 is 5.69 Å². The highest BCUT2D eigenvalue weighted by Gasteiger charge is 2.32. The molecule has 3 aromatic heterocycles. The number of fused-ring (bicyclic) bond motifs is 1. The molecule has 31 heavy (non-hydrogen) atoms. The van der Waals surface area contributed by atoms with Crippen LogP contribution in [0.15, 0.2) is 59.7 Å². The molecule has 0 spiro atoms. The fourth-order valence-electron chi connectivity index (χ4n) is 3.09. The van der Waals surface area contributed by atoms with Crippen molar-refractivity contribution in [3.8, 4) is 11.1 Å². The van der Waals surface area contributed by atoms with E-state index in [1.807, 2.05) is 0 Å². The Morgan fingerprint density at radius 1 is 0.871 bits per heavy atom. The second-order valence-corrected chi connectivity index (χ2v) is 6.74. The number of hydrogen-bond acceptors (Lipinski definition) is 3. The lowest BCUT2D eigenvalue weighted by molar-refractivity contribution is -0.141. The molecule has 0 atom stereocenters. The van der Waals surface area contributed by atoms with Gasteiger partial charge in [-0.05, 0) is 35.4 Å². The third-order valence-electron chi connectivity index (χ3n) is 4.61. The molecule has 4 rings (SSSR count). The number of benzene rings is 1. The van der Waals surface area contributed by atoms with E-state index in [-0.39, 0.29) is 17.8 Å². The van der Waals surface area contributed by atoms with Gasteiger partial charge in [0, 0.05) is 18.0 Å². The van der Waals surface area contributed by atoms with Crippen molar-refractivity contribution in [2.75, 3.05) is 0 Å². The number of aromatic nitrogens is 4. The molecule has 0 radical (unpaired) electrons. The van der Waals surface area contributed by atoms with Crippen molar-refractivity contribution in [2.24, 2.45) is 0 Å². The largest absolute Gasteiger partial charge is 0.433 e. The van der Waals surface area contributed by atoms with Crippen LogP contribution in [0.1, 0.15) is 16.8 Å². The SMILES string of the molecule is O=c1[nH]c2ncc(-c3cccc(C(F)(F)F)c3)cc2n1Cc1ccc(C(F)(F)F)nc1. The van der Waals surface area contributed by atoms with Crippen LogP contribution in [-0.4, -0.2) is 19.5 Å². The van der Waals surface area contributed by atoms with Crippen molar-refractivity contribution in [2.45, 2.75) is 18.9 Å². The number of nitrogens with zero attached hydrogens (tertiary/aromatic N) is 3. The Morgan fingerprint density at radius 2 is 1.65 bits per heavy atom. The van der Waals surface area contributed by atoms with E-state index in [1.54, 1.807) is 0 Å². The Hall–Kier alpha value is -3.63. The molecule has 3 heterocycles. The number of aromatic amines is 1. The van der Waals surface area contributed by atoms with E-state index in [2.05, 4.69) is 15.0 Å². The van der Waals surface area contributed by atoms with Crippen molar-refractivity contribution in [1.29, 1.82) is 0 Å². The van der Waals surface area contributed by atoms with E-state index >= 15 is 0 Å². The molecule has 4 aromatic rings. The maximum Gasteiger partial charge on any atom is 0.433 e. The summed E-state index contributed by atoms with van der Waals surface area (Å²) in [7, 11) is 0. The molecular formula is C20H12F6N4O. The third-order valence-corrected chi connectivity index (χ3v) is 4.61. The van der Waals surface area contributed by atoms with Gasteiger partial charge in [0.1, 0.15) is 5.69 Å². The molecule has 0 aliphatic carbocycles. The minimum Gasteiger partial charge on any atom is -0.290 e. The lowest BCUT2D eigenvalue weighted by Crippen LogP contribution is -2.17. The first-order valence-corrected chi connectivity index (χ1v) is 8.81. The number of rotatable bonds is 3. The number of hydrogen-bond donors (Lipinski definition) is 1. The van der Waals surface area contributed by atoms with Crippen LogP contribution in [0.25, 0.3) is 22.3 Å². The molecule has 11 heteroatoms. The summed E-state index contributed by atoms with van der Waals surface area (Å²) >= 11 is 0. The van der Waals surface area contributed by atoms with Crippen molar-refractivity contribution in [1.82, 2.24) is 19.5 Å². The van der Waals surface area contributed by atoms with Crippen molar-refractivity contribution in [3.05, 3.63) is 82.2 Å².